The molecule has 0 radical (unpaired) electrons. The zero-order chi connectivity index (χ0) is 21.1. The van der Waals surface area contributed by atoms with Gasteiger partial charge in [-0.2, -0.15) is 0 Å². The van der Waals surface area contributed by atoms with Gasteiger partial charge in [0.25, 0.3) is 5.69 Å². The summed E-state index contributed by atoms with van der Waals surface area (Å²) in [5, 5.41) is 14.2. The minimum absolute atomic E-state index is 0.0165. The predicted molar refractivity (Wildman–Crippen MR) is 110 cm³/mol. The number of hydrogen-bond donors (Lipinski definition) is 1. The minimum atomic E-state index is -3.93. The van der Waals surface area contributed by atoms with Gasteiger partial charge in [0.15, 0.2) is 0 Å². The Kier molecular flexibility index (Phi) is 6.87. The third-order valence-electron chi connectivity index (χ3n) is 3.75. The largest absolute Gasteiger partial charge is 0.324 e. The normalized spacial score (nSPS) is 12.3. The maximum atomic E-state index is 12.8. The highest BCUT2D eigenvalue weighted by molar-refractivity contribution is 7.92. The summed E-state index contributed by atoms with van der Waals surface area (Å²) in [5.41, 5.74) is 0.0271. The number of sulfonamides is 1. The second-order valence-electron chi connectivity index (χ2n) is 5.91. The number of carbonyl (C=O) groups is 1. The smallest absolute Gasteiger partial charge is 0.271 e. The van der Waals surface area contributed by atoms with Crippen LogP contribution in [0.3, 0.4) is 0 Å². The molecule has 8 nitrogen and oxygen atoms in total. The fraction of sp³-hybridized carbons (Fsp3) is 0.235. The molecule has 0 saturated carbocycles. The van der Waals surface area contributed by atoms with E-state index in [-0.39, 0.29) is 17.8 Å². The second kappa shape index (κ2) is 8.76. The minimum Gasteiger partial charge on any atom is -0.324 e. The molecule has 0 aliphatic heterocycles. The maximum absolute atomic E-state index is 12.8. The molecule has 0 bridgehead atoms. The number of nitrogens with one attached hydrogen (secondary N) is 1. The number of amides is 1. The Bertz CT molecular complexity index is 993. The number of anilines is 2. The second-order valence-corrected chi connectivity index (χ2v) is 8.64. The van der Waals surface area contributed by atoms with E-state index in [2.05, 4.69) is 5.32 Å². The maximum Gasteiger partial charge on any atom is 0.271 e. The first-order valence-corrected chi connectivity index (χ1v) is 10.6. The molecule has 0 spiro atoms. The van der Waals surface area contributed by atoms with Crippen LogP contribution in [0, 0.1) is 10.1 Å². The van der Waals surface area contributed by atoms with Crippen molar-refractivity contribution >= 4 is 56.2 Å². The van der Waals surface area contributed by atoms with Gasteiger partial charge in [-0.15, -0.1) is 0 Å². The van der Waals surface area contributed by atoms with E-state index in [9.17, 15) is 23.3 Å². The first-order valence-electron chi connectivity index (χ1n) is 8.03. The van der Waals surface area contributed by atoms with Crippen molar-refractivity contribution in [3.8, 4) is 0 Å². The standard InChI is InChI=1S/C17H17Cl2N3O5S/c1-3-16(17(23)20-13-8-11(18)7-12(19)9-13)21(28(2,26)27)14-5-4-6-15(10-14)22(24)25/h4-10,16H,3H2,1-2H3,(H,20,23). The Morgan fingerprint density at radius 1 is 1.21 bits per heavy atom. The van der Waals surface area contributed by atoms with Crippen LogP contribution in [-0.2, 0) is 14.8 Å². The summed E-state index contributed by atoms with van der Waals surface area (Å²) in [6.45, 7) is 1.63. The zero-order valence-corrected chi connectivity index (χ0v) is 17.3. The number of rotatable bonds is 7. The van der Waals surface area contributed by atoms with Gasteiger partial charge in [-0.1, -0.05) is 36.2 Å². The van der Waals surface area contributed by atoms with Crippen LogP contribution in [0.5, 0.6) is 0 Å². The Labute approximate surface area is 172 Å². The fourth-order valence-electron chi connectivity index (χ4n) is 2.66. The van der Waals surface area contributed by atoms with Crippen molar-refractivity contribution in [1.29, 1.82) is 0 Å². The molecule has 0 fully saturated rings. The number of benzene rings is 2. The van der Waals surface area contributed by atoms with Crippen LogP contribution in [0.4, 0.5) is 17.1 Å². The quantitative estimate of drug-likeness (QED) is 0.509. The van der Waals surface area contributed by atoms with Crippen molar-refractivity contribution in [2.45, 2.75) is 19.4 Å². The Morgan fingerprint density at radius 2 is 1.82 bits per heavy atom. The molecule has 0 heterocycles. The summed E-state index contributed by atoms with van der Waals surface area (Å²) in [7, 11) is -3.93. The van der Waals surface area contributed by atoms with E-state index in [4.69, 9.17) is 23.2 Å². The molecule has 0 aliphatic carbocycles. The molecule has 1 unspecified atom stereocenters. The van der Waals surface area contributed by atoms with Gasteiger partial charge in [-0.3, -0.25) is 19.2 Å². The number of hydrogen-bond acceptors (Lipinski definition) is 5. The number of non-ortho nitro benzene ring substituents is 1. The zero-order valence-electron chi connectivity index (χ0n) is 14.9. The van der Waals surface area contributed by atoms with Gasteiger partial charge >= 0.3 is 0 Å². The van der Waals surface area contributed by atoms with E-state index in [1.807, 2.05) is 0 Å². The topological polar surface area (TPSA) is 110 Å². The van der Waals surface area contributed by atoms with Crippen LogP contribution in [0.1, 0.15) is 13.3 Å². The molecule has 150 valence electrons. The Morgan fingerprint density at radius 3 is 2.32 bits per heavy atom. The summed E-state index contributed by atoms with van der Waals surface area (Å²) < 4.78 is 25.7. The first-order chi connectivity index (χ1) is 13.0. The molecule has 11 heteroatoms. The average Bonchev–Trinajstić information content (AvgIpc) is 2.57. The van der Waals surface area contributed by atoms with Gasteiger partial charge in [-0.05, 0) is 30.7 Å². The Hall–Kier alpha value is -2.36. The van der Waals surface area contributed by atoms with Crippen LogP contribution in [0.25, 0.3) is 0 Å². The van der Waals surface area contributed by atoms with Crippen LogP contribution < -0.4 is 9.62 Å². The molecule has 1 atom stereocenters. The monoisotopic (exact) mass is 445 g/mol. The molecule has 2 aromatic carbocycles. The van der Waals surface area contributed by atoms with E-state index in [0.29, 0.717) is 15.7 Å². The van der Waals surface area contributed by atoms with E-state index >= 15 is 0 Å². The lowest BCUT2D eigenvalue weighted by molar-refractivity contribution is -0.384. The van der Waals surface area contributed by atoms with Crippen molar-refractivity contribution in [3.63, 3.8) is 0 Å². The molecular formula is C17H17Cl2N3O5S. The predicted octanol–water partition coefficient (Wildman–Crippen LogP) is 4.08. The number of carbonyl (C=O) groups excluding carboxylic acids is 1. The van der Waals surface area contributed by atoms with Crippen molar-refractivity contribution in [2.24, 2.45) is 0 Å². The van der Waals surface area contributed by atoms with Gasteiger partial charge < -0.3 is 5.32 Å². The van der Waals surface area contributed by atoms with Crippen LogP contribution in [-0.4, -0.2) is 31.5 Å². The lowest BCUT2D eigenvalue weighted by Crippen LogP contribution is -2.47. The van der Waals surface area contributed by atoms with E-state index in [0.717, 1.165) is 16.6 Å². The molecule has 2 rings (SSSR count). The lowest BCUT2D eigenvalue weighted by Gasteiger charge is -2.30. The molecular weight excluding hydrogens is 429 g/mol. The van der Waals surface area contributed by atoms with Gasteiger partial charge in [0.2, 0.25) is 15.9 Å². The highest BCUT2D eigenvalue weighted by Crippen LogP contribution is 2.28. The number of nitrogens with zero attached hydrogens (tertiary/aromatic N) is 2. The SMILES string of the molecule is CCC(C(=O)Nc1cc(Cl)cc(Cl)c1)N(c1cccc([N+](=O)[O-])c1)S(C)(=O)=O. The molecule has 0 saturated heterocycles. The summed E-state index contributed by atoms with van der Waals surface area (Å²) in [4.78, 5) is 23.2. The molecule has 1 N–H and O–H groups in total. The van der Waals surface area contributed by atoms with Crippen molar-refractivity contribution in [3.05, 3.63) is 62.6 Å². The van der Waals surface area contributed by atoms with Gasteiger partial charge in [-0.25, -0.2) is 8.42 Å². The van der Waals surface area contributed by atoms with E-state index in [1.54, 1.807) is 6.92 Å². The van der Waals surface area contributed by atoms with Gasteiger partial charge in [0.05, 0.1) is 16.9 Å². The highest BCUT2D eigenvalue weighted by atomic mass is 35.5. The molecule has 0 aromatic heterocycles. The van der Waals surface area contributed by atoms with Crippen molar-refractivity contribution in [1.82, 2.24) is 0 Å². The van der Waals surface area contributed by atoms with Crippen LogP contribution in [0.2, 0.25) is 10.0 Å². The van der Waals surface area contributed by atoms with E-state index < -0.39 is 26.9 Å². The van der Waals surface area contributed by atoms with E-state index in [1.165, 1.54) is 36.4 Å². The van der Waals surface area contributed by atoms with Gasteiger partial charge in [0, 0.05) is 27.9 Å². The molecule has 28 heavy (non-hydrogen) atoms. The average molecular weight is 446 g/mol. The summed E-state index contributed by atoms with van der Waals surface area (Å²) in [6, 6.07) is 8.36. The molecule has 0 aliphatic rings. The van der Waals surface area contributed by atoms with Crippen LogP contribution in [0.15, 0.2) is 42.5 Å². The number of nitro benzene ring substituents is 1. The summed E-state index contributed by atoms with van der Waals surface area (Å²) in [6.07, 6.45) is 1.05. The number of nitro groups is 1. The lowest BCUT2D eigenvalue weighted by atomic mass is 10.1. The number of halogens is 2. The summed E-state index contributed by atoms with van der Waals surface area (Å²) >= 11 is 11.8. The first kappa shape index (κ1) is 21.9. The third kappa shape index (κ3) is 5.34. The highest BCUT2D eigenvalue weighted by Gasteiger charge is 2.32. The van der Waals surface area contributed by atoms with Crippen LogP contribution >= 0.6 is 23.2 Å². The molecule has 2 aromatic rings. The fourth-order valence-corrected chi connectivity index (χ4v) is 4.39. The summed E-state index contributed by atoms with van der Waals surface area (Å²) in [5.74, 6) is -0.627. The van der Waals surface area contributed by atoms with Gasteiger partial charge in [0.1, 0.15) is 6.04 Å². The van der Waals surface area contributed by atoms with Crippen molar-refractivity contribution in [2.75, 3.05) is 15.9 Å². The van der Waals surface area contributed by atoms with Crippen molar-refractivity contribution < 1.29 is 18.1 Å². The third-order valence-corrected chi connectivity index (χ3v) is 5.37. The molecule has 1 amide bonds. The Balaban J connectivity index is 2.44.